The molecule has 0 spiro atoms. The summed E-state index contributed by atoms with van der Waals surface area (Å²) in [5, 5.41) is 11.3. The summed E-state index contributed by atoms with van der Waals surface area (Å²) in [6, 6.07) is -3.87. The van der Waals surface area contributed by atoms with Crippen LogP contribution in [0.4, 0.5) is 4.79 Å². The molecule has 5 amide bonds. The van der Waals surface area contributed by atoms with E-state index in [1.807, 2.05) is 27.7 Å². The van der Waals surface area contributed by atoms with Gasteiger partial charge >= 0.3 is 6.03 Å². The molecule has 51 heavy (non-hydrogen) atoms. The number of urea groups is 1. The van der Waals surface area contributed by atoms with Crippen LogP contribution in [0.2, 0.25) is 0 Å². The van der Waals surface area contributed by atoms with E-state index in [1.54, 1.807) is 4.90 Å². The highest BCUT2D eigenvalue weighted by atomic mass is 32.2. The molecule has 0 aromatic rings. The molecule has 0 aromatic carbocycles. The quantitative estimate of drug-likeness (QED) is 0.148. The molecular formula is C37H62N6O7S. The number of ketones is 1. The number of carbonyl (C=O) groups excluding carboxylic acids is 5. The van der Waals surface area contributed by atoms with Gasteiger partial charge < -0.3 is 26.2 Å². The smallest absolute Gasteiger partial charge is 0.315 e. The molecule has 2 saturated heterocycles. The fourth-order valence-electron chi connectivity index (χ4n) is 8.43. The SMILES string of the molecule is C=CCNC(=O)C(=O)C(CCCC)NC(=O)[C@@H]1[C@@H]2[C@H](CN1C(=O)[C@@H](NC(=O)N[C@H](CN1CCCCS1(=O)=O)C1CCCCC1)C(C)(C)C)C2(C)C. The molecule has 0 bridgehead atoms. The number of nitrogens with one attached hydrogen (secondary N) is 4. The van der Waals surface area contributed by atoms with E-state index < -0.39 is 69.1 Å². The van der Waals surface area contributed by atoms with Crippen molar-refractivity contribution in [2.45, 2.75) is 130 Å². The summed E-state index contributed by atoms with van der Waals surface area (Å²) in [4.78, 5) is 69.7. The molecule has 2 saturated carbocycles. The van der Waals surface area contributed by atoms with Crippen molar-refractivity contribution in [3.8, 4) is 0 Å². The van der Waals surface area contributed by atoms with Crippen molar-refractivity contribution in [1.82, 2.24) is 30.5 Å². The maximum Gasteiger partial charge on any atom is 0.315 e. The van der Waals surface area contributed by atoms with Gasteiger partial charge in [-0.15, -0.1) is 6.58 Å². The number of sulfonamides is 1. The highest BCUT2D eigenvalue weighted by Gasteiger charge is 2.70. The van der Waals surface area contributed by atoms with Crippen LogP contribution in [-0.2, 0) is 29.2 Å². The molecule has 4 fully saturated rings. The van der Waals surface area contributed by atoms with Crippen LogP contribution in [0.5, 0.6) is 0 Å². The summed E-state index contributed by atoms with van der Waals surface area (Å²) in [6.07, 6.45) is 9.46. The molecular weight excluding hydrogens is 673 g/mol. The number of fused-ring (bicyclic) bond motifs is 1. The van der Waals surface area contributed by atoms with E-state index >= 15 is 0 Å². The Morgan fingerprint density at radius 3 is 2.27 bits per heavy atom. The third kappa shape index (κ3) is 9.71. The molecule has 2 aliphatic carbocycles. The fraction of sp³-hybridized carbons (Fsp3) is 0.811. The summed E-state index contributed by atoms with van der Waals surface area (Å²) < 4.78 is 27.3. The minimum atomic E-state index is -3.40. The maximum atomic E-state index is 14.5. The van der Waals surface area contributed by atoms with Crippen molar-refractivity contribution in [2.75, 3.05) is 31.9 Å². The van der Waals surface area contributed by atoms with Gasteiger partial charge in [0.05, 0.1) is 11.8 Å². The number of nitrogens with zero attached hydrogens (tertiary/aromatic N) is 2. The van der Waals surface area contributed by atoms with E-state index in [9.17, 15) is 32.4 Å². The summed E-state index contributed by atoms with van der Waals surface area (Å²) in [6.45, 7) is 16.3. The largest absolute Gasteiger partial charge is 0.346 e. The minimum Gasteiger partial charge on any atom is -0.346 e. The maximum absolute atomic E-state index is 14.5. The number of rotatable bonds is 15. The van der Waals surface area contributed by atoms with Gasteiger partial charge in [-0.05, 0) is 60.7 Å². The number of piperidine rings is 1. The first-order chi connectivity index (χ1) is 23.9. The van der Waals surface area contributed by atoms with Crippen molar-refractivity contribution < 1.29 is 32.4 Å². The predicted molar refractivity (Wildman–Crippen MR) is 196 cm³/mol. The summed E-state index contributed by atoms with van der Waals surface area (Å²) in [5.41, 5.74) is -0.940. The van der Waals surface area contributed by atoms with E-state index in [0.29, 0.717) is 25.9 Å². The average molecular weight is 735 g/mol. The highest BCUT2D eigenvalue weighted by Crippen LogP contribution is 2.65. The van der Waals surface area contributed by atoms with E-state index in [2.05, 4.69) is 41.7 Å². The van der Waals surface area contributed by atoms with Gasteiger partial charge in [-0.1, -0.05) is 79.7 Å². The Kier molecular flexibility index (Phi) is 13.4. The molecule has 6 atom stereocenters. The van der Waals surface area contributed by atoms with Crippen LogP contribution >= 0.6 is 0 Å². The van der Waals surface area contributed by atoms with E-state index in [4.69, 9.17) is 0 Å². The Bertz CT molecular complexity index is 1420. The van der Waals surface area contributed by atoms with Crippen molar-refractivity contribution in [1.29, 1.82) is 0 Å². The lowest BCUT2D eigenvalue weighted by Crippen LogP contribution is -2.62. The van der Waals surface area contributed by atoms with Crippen molar-refractivity contribution in [3.05, 3.63) is 12.7 Å². The van der Waals surface area contributed by atoms with Gasteiger partial charge in [0.2, 0.25) is 27.6 Å². The summed E-state index contributed by atoms with van der Waals surface area (Å²) in [5.74, 6) is -2.27. The Hall–Kier alpha value is -3.00. The molecule has 1 unspecified atom stereocenters. The molecule has 13 nitrogen and oxygen atoms in total. The van der Waals surface area contributed by atoms with Crippen molar-refractivity contribution in [3.63, 3.8) is 0 Å². The topological polar surface area (TPSA) is 174 Å². The van der Waals surface area contributed by atoms with E-state index in [0.717, 1.165) is 44.9 Å². The lowest BCUT2D eigenvalue weighted by atomic mass is 9.83. The van der Waals surface area contributed by atoms with Gasteiger partial charge in [-0.25, -0.2) is 13.2 Å². The van der Waals surface area contributed by atoms with Crippen LogP contribution in [0.15, 0.2) is 12.7 Å². The highest BCUT2D eigenvalue weighted by molar-refractivity contribution is 7.89. The predicted octanol–water partition coefficient (Wildman–Crippen LogP) is 3.10. The molecule has 14 heteroatoms. The van der Waals surface area contributed by atoms with Gasteiger partial charge in [-0.2, -0.15) is 4.31 Å². The molecule has 2 heterocycles. The van der Waals surface area contributed by atoms with E-state index in [1.165, 1.54) is 10.4 Å². The van der Waals surface area contributed by atoms with Crippen LogP contribution < -0.4 is 21.3 Å². The Balaban J connectivity index is 1.53. The molecule has 288 valence electrons. The molecule has 4 rings (SSSR count). The average Bonchev–Trinajstić information content (AvgIpc) is 3.38. The van der Waals surface area contributed by atoms with Crippen LogP contribution in [-0.4, -0.2) is 103 Å². The lowest BCUT2D eigenvalue weighted by Gasteiger charge is -2.39. The first kappa shape index (κ1) is 40.8. The zero-order chi connectivity index (χ0) is 37.7. The molecule has 4 N–H and O–H groups in total. The number of unbranched alkanes of at least 4 members (excludes halogenated alkanes) is 1. The molecule has 0 radical (unpaired) electrons. The van der Waals surface area contributed by atoms with Gasteiger partial charge in [0, 0.05) is 32.2 Å². The number of hydrogen-bond acceptors (Lipinski definition) is 7. The van der Waals surface area contributed by atoms with Crippen molar-refractivity contribution in [2.24, 2.45) is 28.6 Å². The van der Waals surface area contributed by atoms with E-state index in [-0.39, 0.29) is 48.4 Å². The lowest BCUT2D eigenvalue weighted by molar-refractivity contribution is -0.145. The number of hydrogen-bond donors (Lipinski definition) is 4. The second kappa shape index (κ2) is 16.8. The Morgan fingerprint density at radius 1 is 0.980 bits per heavy atom. The standard InChI is InChI=1S/C37H62N6O7S/c1-8-10-18-26(30(44)33(46)38-19-9-2)39-32(45)29-28-25(37(28,6)7)22-43(29)34(47)31(36(3,4)5)41-35(48)40-27(24-16-12-11-13-17-24)23-42-20-14-15-21-51(42,49)50/h9,24-29,31H,2,8,10-23H2,1,3-7H3,(H,38,46)(H,39,45)(H2,40,41,48)/t25-,26?,27+,28-,29-,31+/m0/s1. The second-order valence-electron chi connectivity index (χ2n) is 16.8. The molecule has 0 aromatic heterocycles. The number of likely N-dealkylation sites (tertiary alicyclic amines) is 1. The van der Waals surface area contributed by atoms with Crippen molar-refractivity contribution >= 4 is 39.6 Å². The third-order valence-corrected chi connectivity index (χ3v) is 13.6. The zero-order valence-electron chi connectivity index (χ0n) is 31.6. The Morgan fingerprint density at radius 2 is 1.67 bits per heavy atom. The van der Waals surface area contributed by atoms with Crippen LogP contribution in [0.1, 0.15) is 106 Å². The van der Waals surface area contributed by atoms with Gasteiger partial charge in [0.15, 0.2) is 0 Å². The monoisotopic (exact) mass is 734 g/mol. The number of Topliss-reactive ketones (excluding diaryl/α,β-unsaturated/α-hetero) is 1. The third-order valence-electron chi connectivity index (χ3n) is 11.6. The van der Waals surface area contributed by atoms with Gasteiger partial charge in [0.25, 0.3) is 5.91 Å². The number of amides is 5. The minimum absolute atomic E-state index is 0.0644. The zero-order valence-corrected chi connectivity index (χ0v) is 32.4. The summed E-state index contributed by atoms with van der Waals surface area (Å²) >= 11 is 0. The van der Waals surface area contributed by atoms with Gasteiger partial charge in [0.1, 0.15) is 12.1 Å². The van der Waals surface area contributed by atoms with Crippen LogP contribution in [0, 0.1) is 28.6 Å². The van der Waals surface area contributed by atoms with Crippen LogP contribution in [0.25, 0.3) is 0 Å². The molecule has 4 aliphatic rings. The number of carbonyl (C=O) groups is 5. The molecule has 2 aliphatic heterocycles. The fourth-order valence-corrected chi connectivity index (χ4v) is 10.0. The first-order valence-corrected chi connectivity index (χ1v) is 20.6. The normalized spacial score (nSPS) is 26.2. The van der Waals surface area contributed by atoms with Gasteiger partial charge in [-0.3, -0.25) is 19.2 Å². The first-order valence-electron chi connectivity index (χ1n) is 19.0. The summed E-state index contributed by atoms with van der Waals surface area (Å²) in [7, 11) is -3.40. The van der Waals surface area contributed by atoms with Crippen LogP contribution in [0.3, 0.4) is 0 Å². The Labute approximate surface area is 304 Å². The second-order valence-corrected chi connectivity index (χ2v) is 18.8.